The van der Waals surface area contributed by atoms with Gasteiger partial charge in [-0.1, -0.05) is 74.1 Å². The van der Waals surface area contributed by atoms with Crippen LogP contribution in [0.5, 0.6) is 0 Å². The molecule has 3 nitrogen and oxygen atoms in total. The summed E-state index contributed by atoms with van der Waals surface area (Å²) in [6.07, 6.45) is 18.1. The molecule has 0 radical (unpaired) electrons. The van der Waals surface area contributed by atoms with Crippen molar-refractivity contribution in [3.8, 4) is 11.1 Å². The fourth-order valence-electron chi connectivity index (χ4n) is 3.71. The van der Waals surface area contributed by atoms with Crippen LogP contribution in [0, 0.1) is 0 Å². The van der Waals surface area contributed by atoms with Gasteiger partial charge in [-0.25, -0.2) is 0 Å². The second-order valence-electron chi connectivity index (χ2n) is 8.64. The highest BCUT2D eigenvalue weighted by atomic mass is 31.1. The normalized spacial score (nSPS) is 12.8. The van der Waals surface area contributed by atoms with Gasteiger partial charge in [0, 0.05) is 43.2 Å². The molecule has 0 fully saturated rings. The van der Waals surface area contributed by atoms with Crippen molar-refractivity contribution < 1.29 is 5.11 Å². The summed E-state index contributed by atoms with van der Waals surface area (Å²) in [6, 6.07) is 10.5. The Balaban J connectivity index is 2.07. The van der Waals surface area contributed by atoms with E-state index in [1.54, 1.807) is 0 Å². The number of pyridine rings is 1. The maximum atomic E-state index is 9.11. The molecule has 0 saturated heterocycles. The molecule has 1 unspecified atom stereocenters. The van der Waals surface area contributed by atoms with E-state index in [4.69, 9.17) is 5.11 Å². The van der Waals surface area contributed by atoms with Crippen molar-refractivity contribution in [1.29, 1.82) is 0 Å². The number of nitrogens with one attached hydrogen (secondary N) is 1. The third-order valence-corrected chi connectivity index (χ3v) is 7.97. The first kappa shape index (κ1) is 27.0. The Morgan fingerprint density at radius 1 is 1.15 bits per heavy atom. The molecular weight excluding hydrogens is 423 g/mol. The summed E-state index contributed by atoms with van der Waals surface area (Å²) < 4.78 is 0. The zero-order chi connectivity index (χ0) is 23.9. The van der Waals surface area contributed by atoms with E-state index in [9.17, 15) is 0 Å². The van der Waals surface area contributed by atoms with Gasteiger partial charge in [-0.2, -0.15) is 0 Å². The summed E-state index contributed by atoms with van der Waals surface area (Å²) in [5, 5.41) is 12.6. The number of aliphatic hydroxyl groups is 1. The number of aromatic nitrogens is 1. The number of hydrogen-bond acceptors (Lipinski definition) is 3. The number of nitrogens with zero attached hydrogens (tertiary/aromatic N) is 1. The highest BCUT2D eigenvalue weighted by Gasteiger charge is 2.11. The predicted octanol–water partition coefficient (Wildman–Crippen LogP) is 7.04. The van der Waals surface area contributed by atoms with Crippen LogP contribution in [0.25, 0.3) is 17.2 Å². The second-order valence-corrected chi connectivity index (χ2v) is 11.4. The monoisotopic (exact) mass is 464 g/mol. The fourth-order valence-corrected chi connectivity index (χ4v) is 4.79. The van der Waals surface area contributed by atoms with Crippen LogP contribution in [-0.2, 0) is 6.42 Å². The molecule has 0 aliphatic carbocycles. The lowest BCUT2D eigenvalue weighted by molar-refractivity contribution is 0.299. The third-order valence-electron chi connectivity index (χ3n) is 5.81. The van der Waals surface area contributed by atoms with Gasteiger partial charge in [0.15, 0.2) is 0 Å². The molecule has 0 aliphatic heterocycles. The highest BCUT2D eigenvalue weighted by Crippen LogP contribution is 2.31. The van der Waals surface area contributed by atoms with Crippen LogP contribution in [0.1, 0.15) is 50.7 Å². The summed E-state index contributed by atoms with van der Waals surface area (Å²) in [5.74, 6) is 0. The Bertz CT molecular complexity index is 905. The summed E-state index contributed by atoms with van der Waals surface area (Å²) in [6.45, 7) is 12.2. The molecule has 33 heavy (non-hydrogen) atoms. The molecule has 2 rings (SSSR count). The van der Waals surface area contributed by atoms with Gasteiger partial charge >= 0.3 is 0 Å². The van der Waals surface area contributed by atoms with Crippen molar-refractivity contribution in [1.82, 2.24) is 10.3 Å². The number of rotatable bonds is 15. The number of allylic oxidation sites excluding steroid dienone is 3. The van der Waals surface area contributed by atoms with Gasteiger partial charge in [0.05, 0.1) is 0 Å². The molecule has 0 bridgehead atoms. The largest absolute Gasteiger partial charge is 0.396 e. The fraction of sp³-hybridized carbons (Fsp3) is 0.414. The minimum atomic E-state index is 0.177. The van der Waals surface area contributed by atoms with Crippen molar-refractivity contribution in [2.45, 2.75) is 46.0 Å². The predicted molar refractivity (Wildman–Crippen MR) is 147 cm³/mol. The van der Waals surface area contributed by atoms with Crippen LogP contribution in [0.2, 0.25) is 0 Å². The van der Waals surface area contributed by atoms with Crippen LogP contribution < -0.4 is 5.32 Å². The second kappa shape index (κ2) is 15.6. The molecule has 2 N–H and O–H groups in total. The molecule has 0 saturated carbocycles. The van der Waals surface area contributed by atoms with Crippen molar-refractivity contribution in [2.75, 3.05) is 32.1 Å². The number of unbranched alkanes of at least 4 members (excludes halogenated alkanes) is 2. The molecule has 0 aliphatic rings. The maximum absolute atomic E-state index is 9.11. The van der Waals surface area contributed by atoms with Gasteiger partial charge in [-0.05, 0) is 61.9 Å². The summed E-state index contributed by atoms with van der Waals surface area (Å²) in [5.41, 5.74) is 6.85. The molecule has 1 aromatic heterocycles. The lowest BCUT2D eigenvalue weighted by Gasteiger charge is -2.15. The smallest absolute Gasteiger partial charge is 0.0468 e. The van der Waals surface area contributed by atoms with Gasteiger partial charge in [0.2, 0.25) is 0 Å². The average Bonchev–Trinajstić information content (AvgIpc) is 2.82. The number of aliphatic hydroxyl groups excluding tert-OH is 1. The molecule has 1 aromatic carbocycles. The maximum Gasteiger partial charge on any atom is 0.0468 e. The first-order valence-electron chi connectivity index (χ1n) is 12.1. The molecular formula is C29H41N2OP. The van der Waals surface area contributed by atoms with E-state index in [0.29, 0.717) is 6.42 Å². The lowest BCUT2D eigenvalue weighted by Crippen LogP contribution is -2.16. The van der Waals surface area contributed by atoms with Crippen molar-refractivity contribution in [3.63, 3.8) is 0 Å². The molecule has 1 atom stereocenters. The quantitative estimate of drug-likeness (QED) is 0.169. The minimum absolute atomic E-state index is 0.177. The van der Waals surface area contributed by atoms with E-state index < -0.39 is 0 Å². The third kappa shape index (κ3) is 10.1. The highest BCUT2D eigenvalue weighted by molar-refractivity contribution is 7.56. The molecule has 4 heteroatoms. The van der Waals surface area contributed by atoms with Crippen LogP contribution in [0.3, 0.4) is 0 Å². The lowest BCUT2D eigenvalue weighted by atomic mass is 9.94. The Labute approximate surface area is 202 Å². The standard InChI is InChI=1S/C29H41N2OP/c1-5-33(4)20-11-7-10-18-31-25(3)21-28-23-30-22-27(16-12-13-24(2)17-19-32)29(28)26-14-8-6-9-15-26/h6,8-9,12-16,22-23,31-32H,3,5,7,10-11,17-21H2,1-2,4H3/b16-12-,24-13+. The van der Waals surface area contributed by atoms with Crippen molar-refractivity contribution in [2.24, 2.45) is 0 Å². The number of hydrogen-bond donors (Lipinski definition) is 2. The Morgan fingerprint density at radius 2 is 1.94 bits per heavy atom. The van der Waals surface area contributed by atoms with E-state index in [2.05, 4.69) is 66.9 Å². The summed E-state index contributed by atoms with van der Waals surface area (Å²) >= 11 is 0. The van der Waals surface area contributed by atoms with Gasteiger partial charge < -0.3 is 10.4 Å². The minimum Gasteiger partial charge on any atom is -0.396 e. The van der Waals surface area contributed by atoms with Crippen LogP contribution in [0.4, 0.5) is 0 Å². The van der Waals surface area contributed by atoms with Crippen LogP contribution in [0.15, 0.2) is 72.7 Å². The van der Waals surface area contributed by atoms with Gasteiger partial charge in [0.1, 0.15) is 0 Å². The molecule has 2 aromatic rings. The van der Waals surface area contributed by atoms with Crippen LogP contribution >= 0.6 is 7.92 Å². The topological polar surface area (TPSA) is 45.2 Å². The van der Waals surface area contributed by atoms with Crippen molar-refractivity contribution >= 4 is 14.0 Å². The summed E-state index contributed by atoms with van der Waals surface area (Å²) in [7, 11) is 0.250. The van der Waals surface area contributed by atoms with E-state index in [1.165, 1.54) is 48.3 Å². The molecule has 0 spiro atoms. The Kier molecular flexibility index (Phi) is 12.8. The van der Waals surface area contributed by atoms with E-state index >= 15 is 0 Å². The zero-order valence-corrected chi connectivity index (χ0v) is 21.6. The molecule has 1 heterocycles. The first-order chi connectivity index (χ1) is 16.0. The van der Waals surface area contributed by atoms with Crippen LogP contribution in [-0.4, -0.2) is 42.2 Å². The Hall–Kier alpha value is -2.22. The van der Waals surface area contributed by atoms with Gasteiger partial charge in [-0.3, -0.25) is 4.98 Å². The number of benzene rings is 1. The van der Waals surface area contributed by atoms with E-state index in [0.717, 1.165) is 29.8 Å². The summed E-state index contributed by atoms with van der Waals surface area (Å²) in [4.78, 5) is 4.52. The molecule has 178 valence electrons. The zero-order valence-electron chi connectivity index (χ0n) is 20.7. The van der Waals surface area contributed by atoms with Crippen molar-refractivity contribution in [3.05, 3.63) is 83.9 Å². The SMILES string of the molecule is C=C(Cc1cncc(/C=C\C=C(/C)CCO)c1-c1ccccc1)NCCCCCP(C)CC. The van der Waals surface area contributed by atoms with E-state index in [1.807, 2.05) is 31.5 Å². The van der Waals surface area contributed by atoms with Gasteiger partial charge in [-0.15, -0.1) is 7.92 Å². The van der Waals surface area contributed by atoms with Gasteiger partial charge in [0.25, 0.3) is 0 Å². The Morgan fingerprint density at radius 3 is 2.67 bits per heavy atom. The van der Waals surface area contributed by atoms with E-state index in [-0.39, 0.29) is 14.5 Å². The molecule has 0 amide bonds. The average molecular weight is 465 g/mol. The first-order valence-corrected chi connectivity index (χ1v) is 14.3.